The minimum Gasteiger partial charge on any atom is -0.306 e. The number of carbonyl (C=O) groups excluding carboxylic acids is 2. The predicted molar refractivity (Wildman–Crippen MR) is 150 cm³/mol. The highest BCUT2D eigenvalue weighted by atomic mass is 16.2. The summed E-state index contributed by atoms with van der Waals surface area (Å²) < 4.78 is 11.1. The molecule has 0 aliphatic heterocycles. The van der Waals surface area contributed by atoms with Gasteiger partial charge in [0.15, 0.2) is 5.78 Å². The molecular formula is C32H32N4O2. The largest absolute Gasteiger partial charge is 0.306 e. The lowest BCUT2D eigenvalue weighted by atomic mass is 9.87. The lowest BCUT2D eigenvalue weighted by molar-refractivity contribution is -0.124. The topological polar surface area (TPSA) is 68.1 Å². The van der Waals surface area contributed by atoms with Crippen molar-refractivity contribution >= 4 is 34.4 Å². The zero-order valence-electron chi connectivity index (χ0n) is 22.7. The molecule has 2 aliphatic rings. The van der Waals surface area contributed by atoms with Crippen molar-refractivity contribution in [1.29, 1.82) is 0 Å². The monoisotopic (exact) mass is 505 g/mol. The van der Waals surface area contributed by atoms with Crippen LogP contribution in [-0.2, 0) is 23.2 Å². The summed E-state index contributed by atoms with van der Waals surface area (Å²) in [4.78, 5) is 31.5. The van der Waals surface area contributed by atoms with Gasteiger partial charge in [0.2, 0.25) is 5.91 Å². The summed E-state index contributed by atoms with van der Waals surface area (Å²) in [5.74, 6) is 0.905. The van der Waals surface area contributed by atoms with Crippen LogP contribution in [0.15, 0.2) is 73.2 Å². The number of pyridine rings is 1. The van der Waals surface area contributed by atoms with Crippen molar-refractivity contribution < 1.29 is 11.0 Å². The summed E-state index contributed by atoms with van der Waals surface area (Å²) >= 11 is 0. The van der Waals surface area contributed by atoms with Gasteiger partial charge in [-0.15, -0.1) is 0 Å². The lowest BCUT2D eigenvalue weighted by Gasteiger charge is -2.30. The van der Waals surface area contributed by atoms with Crippen molar-refractivity contribution in [1.82, 2.24) is 14.8 Å². The molecular weight excluding hydrogens is 472 g/mol. The van der Waals surface area contributed by atoms with E-state index in [-0.39, 0.29) is 17.6 Å². The van der Waals surface area contributed by atoms with Crippen molar-refractivity contribution in [2.24, 2.45) is 24.8 Å². The fourth-order valence-electron chi connectivity index (χ4n) is 6.13. The van der Waals surface area contributed by atoms with E-state index in [2.05, 4.69) is 28.3 Å². The Morgan fingerprint density at radius 3 is 2.61 bits per heavy atom. The summed E-state index contributed by atoms with van der Waals surface area (Å²) in [6.07, 6.45) is 12.7. The Hall–Kier alpha value is -4.06. The molecule has 2 aromatic heterocycles. The van der Waals surface area contributed by atoms with Crippen molar-refractivity contribution in [2.75, 3.05) is 4.90 Å². The first kappa shape index (κ1) is 23.1. The van der Waals surface area contributed by atoms with E-state index < -0.39 is 6.52 Å². The molecule has 38 heavy (non-hydrogen) atoms. The summed E-state index contributed by atoms with van der Waals surface area (Å²) in [5, 5.41) is 5.41. The SMILES string of the molecule is [2H]C(c1ccc(-c2ccc3c(cnn3C)c2)cc1)N(C(=O)[C@@H]1C[C@@H]2CC[C@H]1C2)c1cncc(/C=C/C(C)=O)c1. The Morgan fingerprint density at radius 2 is 1.87 bits per heavy atom. The maximum absolute atomic E-state index is 14.0. The number of ketones is 1. The van der Waals surface area contributed by atoms with Gasteiger partial charge in [0.25, 0.3) is 0 Å². The van der Waals surface area contributed by atoms with Gasteiger partial charge in [-0.25, -0.2) is 0 Å². The highest BCUT2D eigenvalue weighted by Gasteiger charge is 2.44. The van der Waals surface area contributed by atoms with Crippen LogP contribution in [0.25, 0.3) is 28.1 Å². The summed E-state index contributed by atoms with van der Waals surface area (Å²) in [7, 11) is 1.93. The number of anilines is 1. The van der Waals surface area contributed by atoms with Gasteiger partial charge in [0, 0.05) is 24.5 Å². The molecule has 6 rings (SSSR count). The highest BCUT2D eigenvalue weighted by molar-refractivity contribution is 5.96. The maximum atomic E-state index is 14.0. The molecule has 2 bridgehead atoms. The first-order valence-electron chi connectivity index (χ1n) is 13.9. The minimum absolute atomic E-state index is 0.00260. The van der Waals surface area contributed by atoms with E-state index in [9.17, 15) is 11.0 Å². The van der Waals surface area contributed by atoms with Crippen LogP contribution in [0.3, 0.4) is 0 Å². The second-order valence-electron chi connectivity index (χ2n) is 10.7. The molecule has 1 amide bonds. The molecule has 6 nitrogen and oxygen atoms in total. The van der Waals surface area contributed by atoms with Crippen molar-refractivity contribution in [3.05, 3.63) is 84.3 Å². The van der Waals surface area contributed by atoms with Crippen LogP contribution >= 0.6 is 0 Å². The fraction of sp³-hybridized carbons (Fsp3) is 0.312. The van der Waals surface area contributed by atoms with Gasteiger partial charge < -0.3 is 4.90 Å². The number of hydrogen-bond acceptors (Lipinski definition) is 4. The van der Waals surface area contributed by atoms with Gasteiger partial charge in [-0.3, -0.25) is 19.3 Å². The second kappa shape index (κ2) is 10.0. The van der Waals surface area contributed by atoms with Crippen LogP contribution in [0.4, 0.5) is 5.69 Å². The van der Waals surface area contributed by atoms with E-state index in [1.165, 1.54) is 19.4 Å². The van der Waals surface area contributed by atoms with Crippen LogP contribution in [0.2, 0.25) is 0 Å². The van der Waals surface area contributed by atoms with Gasteiger partial charge in [-0.05, 0) is 90.6 Å². The summed E-state index contributed by atoms with van der Waals surface area (Å²) in [5.41, 5.74) is 5.24. The summed E-state index contributed by atoms with van der Waals surface area (Å²) in [6.45, 7) is 0.581. The standard InChI is InChI=1S/C32H32N4O2/c1-21(37)3-4-24-14-29(19-33-17-24)36(32(38)30-15-23-7-10-27(30)13-23)20-22-5-8-25(9-6-22)26-11-12-31-28(16-26)18-34-35(31)2/h3-6,8-9,11-12,14,16-19,23,27,30H,7,10,13,15,20H2,1-2H3/b4-3+/t23-,27+,30-/m1/s1/i20D/t20?,23-,27+,30-. The quantitative estimate of drug-likeness (QED) is 0.280. The minimum atomic E-state index is -0.916. The maximum Gasteiger partial charge on any atom is 0.230 e. The van der Waals surface area contributed by atoms with Crippen molar-refractivity contribution in [3.8, 4) is 11.1 Å². The lowest BCUT2D eigenvalue weighted by Crippen LogP contribution is -2.38. The molecule has 2 heterocycles. The number of aromatic nitrogens is 3. The zero-order chi connectivity index (χ0) is 27.1. The van der Waals surface area contributed by atoms with Crippen molar-refractivity contribution in [3.63, 3.8) is 0 Å². The molecule has 192 valence electrons. The first-order valence-corrected chi connectivity index (χ1v) is 13.3. The molecule has 2 aliphatic carbocycles. The Labute approximate surface area is 224 Å². The molecule has 4 aromatic rings. The second-order valence-corrected chi connectivity index (χ2v) is 10.7. The molecule has 2 saturated carbocycles. The molecule has 4 atom stereocenters. The van der Waals surface area contributed by atoms with E-state index >= 15 is 0 Å². The van der Waals surface area contributed by atoms with E-state index in [4.69, 9.17) is 0 Å². The van der Waals surface area contributed by atoms with E-state index in [0.717, 1.165) is 52.4 Å². The van der Waals surface area contributed by atoms with Crippen LogP contribution in [0.5, 0.6) is 0 Å². The fourth-order valence-corrected chi connectivity index (χ4v) is 6.13. The highest BCUT2D eigenvalue weighted by Crippen LogP contribution is 2.49. The number of benzene rings is 2. The van der Waals surface area contributed by atoms with Crippen LogP contribution in [0.1, 0.15) is 45.1 Å². The predicted octanol–water partition coefficient (Wildman–Crippen LogP) is 6.21. The van der Waals surface area contributed by atoms with Crippen molar-refractivity contribution in [2.45, 2.75) is 39.1 Å². The third-order valence-electron chi connectivity index (χ3n) is 8.09. The van der Waals surface area contributed by atoms with E-state index in [1.807, 2.05) is 48.3 Å². The van der Waals surface area contributed by atoms with E-state index in [1.54, 1.807) is 23.4 Å². The third-order valence-corrected chi connectivity index (χ3v) is 8.09. The van der Waals surface area contributed by atoms with Gasteiger partial charge in [0.05, 0.1) is 31.5 Å². The molecule has 2 fully saturated rings. The Bertz CT molecular complexity index is 1570. The average Bonchev–Trinajstić information content (AvgIpc) is 3.68. The number of carbonyl (C=O) groups is 2. The number of fused-ring (bicyclic) bond motifs is 3. The van der Waals surface area contributed by atoms with Crippen LogP contribution in [-0.4, -0.2) is 26.5 Å². The van der Waals surface area contributed by atoms with Gasteiger partial charge in [-0.2, -0.15) is 5.10 Å². The van der Waals surface area contributed by atoms with Crippen LogP contribution in [0, 0.1) is 17.8 Å². The summed E-state index contributed by atoms with van der Waals surface area (Å²) in [6, 6.07) is 16.0. The van der Waals surface area contributed by atoms with Gasteiger partial charge in [-0.1, -0.05) is 36.8 Å². The first-order chi connectivity index (χ1) is 18.9. The average molecular weight is 506 g/mol. The molecule has 0 N–H and O–H groups in total. The molecule has 1 unspecified atom stereocenters. The number of amides is 1. The molecule has 0 radical (unpaired) electrons. The normalized spacial score (nSPS) is 21.6. The number of hydrogen-bond donors (Lipinski definition) is 0. The van der Waals surface area contributed by atoms with Gasteiger partial charge in [0.1, 0.15) is 0 Å². The molecule has 2 aromatic carbocycles. The van der Waals surface area contributed by atoms with Gasteiger partial charge >= 0.3 is 0 Å². The third kappa shape index (κ3) is 4.78. The van der Waals surface area contributed by atoms with Crippen LogP contribution < -0.4 is 4.90 Å². The number of allylic oxidation sites excluding steroid dienone is 1. The molecule has 0 spiro atoms. The Kier molecular flexibility index (Phi) is 6.08. The smallest absolute Gasteiger partial charge is 0.230 e. The molecule has 6 heteroatoms. The Morgan fingerprint density at radius 1 is 1.05 bits per heavy atom. The number of aryl methyl sites for hydroxylation is 1. The Balaban J connectivity index is 1.32. The number of nitrogens with zero attached hydrogens (tertiary/aromatic N) is 4. The molecule has 0 saturated heterocycles. The number of rotatable bonds is 7. The zero-order valence-corrected chi connectivity index (χ0v) is 21.7. The van der Waals surface area contributed by atoms with E-state index in [0.29, 0.717) is 17.5 Å².